The van der Waals surface area contributed by atoms with Gasteiger partial charge in [-0.1, -0.05) is 6.07 Å². The fourth-order valence-electron chi connectivity index (χ4n) is 2.05. The molecule has 0 radical (unpaired) electrons. The van der Waals surface area contributed by atoms with E-state index in [4.69, 9.17) is 0 Å². The van der Waals surface area contributed by atoms with Crippen molar-refractivity contribution in [3.05, 3.63) is 56.8 Å². The smallest absolute Gasteiger partial charge is 0.269 e. The second-order valence-electron chi connectivity index (χ2n) is 5.01. The predicted octanol–water partition coefficient (Wildman–Crippen LogP) is 3.21. The van der Waals surface area contributed by atoms with Gasteiger partial charge >= 0.3 is 0 Å². The summed E-state index contributed by atoms with van der Waals surface area (Å²) < 4.78 is 0. The number of nitrogens with one attached hydrogen (secondary N) is 2. The normalized spacial score (nSPS) is 10.3. The number of non-ortho nitro benzene ring substituents is 1. The van der Waals surface area contributed by atoms with Crippen molar-refractivity contribution in [2.24, 2.45) is 0 Å². The topological polar surface area (TPSA) is 84.3 Å². The van der Waals surface area contributed by atoms with E-state index in [0.717, 1.165) is 12.1 Å². The fraction of sp³-hybridized carbons (Fsp3) is 0.312. The van der Waals surface area contributed by atoms with Crippen LogP contribution in [0.3, 0.4) is 0 Å². The van der Waals surface area contributed by atoms with Gasteiger partial charge in [0.2, 0.25) is 5.91 Å². The number of hydrogen-bond donors (Lipinski definition) is 2. The minimum absolute atomic E-state index is 0.0482. The van der Waals surface area contributed by atoms with Crippen molar-refractivity contribution in [2.45, 2.75) is 19.3 Å². The molecule has 2 N–H and O–H groups in total. The second-order valence-corrected chi connectivity index (χ2v) is 6.05. The molecule has 0 saturated heterocycles. The molecule has 0 aliphatic carbocycles. The summed E-state index contributed by atoms with van der Waals surface area (Å²) in [4.78, 5) is 23.1. The lowest BCUT2D eigenvalue weighted by atomic mass is 10.2. The average molecular weight is 333 g/mol. The number of rotatable bonds is 9. The predicted molar refractivity (Wildman–Crippen MR) is 91.9 cm³/mol. The SMILES string of the molecule is O=C(CCCNc1ccc([N+](=O)[O-])cc1)NCCc1cccs1. The molecule has 1 aromatic carbocycles. The Morgan fingerprint density at radius 3 is 2.61 bits per heavy atom. The van der Waals surface area contributed by atoms with E-state index < -0.39 is 4.92 Å². The summed E-state index contributed by atoms with van der Waals surface area (Å²) in [5.41, 5.74) is 0.884. The second kappa shape index (κ2) is 8.89. The molecule has 0 saturated carbocycles. The van der Waals surface area contributed by atoms with E-state index >= 15 is 0 Å². The molecule has 2 aromatic rings. The lowest BCUT2D eigenvalue weighted by Gasteiger charge is -2.07. The van der Waals surface area contributed by atoms with E-state index in [0.29, 0.717) is 25.9 Å². The molecule has 0 fully saturated rings. The van der Waals surface area contributed by atoms with E-state index in [1.807, 2.05) is 11.4 Å². The lowest BCUT2D eigenvalue weighted by Crippen LogP contribution is -2.25. The molecule has 0 unspecified atom stereocenters. The molecule has 1 heterocycles. The summed E-state index contributed by atoms with van der Waals surface area (Å²) in [7, 11) is 0. The van der Waals surface area contributed by atoms with Crippen molar-refractivity contribution in [1.29, 1.82) is 0 Å². The number of hydrogen-bond acceptors (Lipinski definition) is 5. The fourth-order valence-corrected chi connectivity index (χ4v) is 2.76. The van der Waals surface area contributed by atoms with Gasteiger partial charge in [-0.05, 0) is 36.4 Å². The summed E-state index contributed by atoms with van der Waals surface area (Å²) >= 11 is 1.69. The Morgan fingerprint density at radius 2 is 1.96 bits per heavy atom. The quantitative estimate of drug-likeness (QED) is 0.419. The Bertz CT molecular complexity index is 627. The first-order valence-electron chi connectivity index (χ1n) is 7.42. The van der Waals surface area contributed by atoms with Gasteiger partial charge in [-0.15, -0.1) is 11.3 Å². The van der Waals surface area contributed by atoms with Gasteiger partial charge < -0.3 is 10.6 Å². The largest absolute Gasteiger partial charge is 0.385 e. The van der Waals surface area contributed by atoms with E-state index in [2.05, 4.69) is 16.7 Å². The highest BCUT2D eigenvalue weighted by Crippen LogP contribution is 2.15. The van der Waals surface area contributed by atoms with Crippen LogP contribution >= 0.6 is 11.3 Å². The van der Waals surface area contributed by atoms with Gasteiger partial charge in [-0.3, -0.25) is 14.9 Å². The monoisotopic (exact) mass is 333 g/mol. The van der Waals surface area contributed by atoms with Gasteiger partial charge in [0.05, 0.1) is 4.92 Å². The number of carbonyl (C=O) groups is 1. The van der Waals surface area contributed by atoms with Crippen molar-refractivity contribution in [3.63, 3.8) is 0 Å². The molecule has 122 valence electrons. The summed E-state index contributed by atoms with van der Waals surface area (Å²) in [5, 5.41) is 18.6. The van der Waals surface area contributed by atoms with Crippen LogP contribution in [-0.2, 0) is 11.2 Å². The Morgan fingerprint density at radius 1 is 1.17 bits per heavy atom. The van der Waals surface area contributed by atoms with E-state index in [1.165, 1.54) is 17.0 Å². The Hall–Kier alpha value is -2.41. The minimum atomic E-state index is -0.426. The number of benzene rings is 1. The molecule has 0 atom stereocenters. The van der Waals surface area contributed by atoms with Crippen molar-refractivity contribution in [2.75, 3.05) is 18.4 Å². The standard InChI is InChI=1S/C16H19N3O3S/c20-16(18-11-9-15-3-2-12-23-15)4-1-10-17-13-5-7-14(8-6-13)19(21)22/h2-3,5-8,12,17H,1,4,9-11H2,(H,18,20). The zero-order chi connectivity index (χ0) is 16.5. The lowest BCUT2D eigenvalue weighted by molar-refractivity contribution is -0.384. The van der Waals surface area contributed by atoms with Gasteiger partial charge in [0.1, 0.15) is 0 Å². The zero-order valence-corrected chi connectivity index (χ0v) is 13.5. The maximum atomic E-state index is 11.7. The molecular weight excluding hydrogens is 314 g/mol. The van der Waals surface area contributed by atoms with Crippen LogP contribution in [0.5, 0.6) is 0 Å². The molecule has 0 aliphatic heterocycles. The van der Waals surface area contributed by atoms with E-state index in [1.54, 1.807) is 23.5 Å². The van der Waals surface area contributed by atoms with Crippen LogP contribution in [0.4, 0.5) is 11.4 Å². The van der Waals surface area contributed by atoms with Gasteiger partial charge in [0, 0.05) is 42.2 Å². The van der Waals surface area contributed by atoms with Gasteiger partial charge in [0.15, 0.2) is 0 Å². The van der Waals surface area contributed by atoms with E-state index in [9.17, 15) is 14.9 Å². The number of anilines is 1. The van der Waals surface area contributed by atoms with Crippen LogP contribution < -0.4 is 10.6 Å². The Labute approximate surface area is 138 Å². The third-order valence-corrected chi connectivity index (χ3v) is 4.20. The minimum Gasteiger partial charge on any atom is -0.385 e. The molecule has 2 rings (SSSR count). The number of amides is 1. The zero-order valence-electron chi connectivity index (χ0n) is 12.7. The number of nitro benzene ring substituents is 1. The molecule has 1 amide bonds. The highest BCUT2D eigenvalue weighted by Gasteiger charge is 2.04. The van der Waals surface area contributed by atoms with Crippen LogP contribution in [-0.4, -0.2) is 23.9 Å². The molecule has 1 aromatic heterocycles. The molecular formula is C16H19N3O3S. The molecule has 23 heavy (non-hydrogen) atoms. The van der Waals surface area contributed by atoms with Crippen LogP contribution in [0.2, 0.25) is 0 Å². The van der Waals surface area contributed by atoms with Crippen LogP contribution in [0.1, 0.15) is 17.7 Å². The number of carbonyl (C=O) groups excluding carboxylic acids is 1. The number of nitro groups is 1. The summed E-state index contributed by atoms with van der Waals surface area (Å²) in [6, 6.07) is 10.3. The number of nitrogens with zero attached hydrogens (tertiary/aromatic N) is 1. The summed E-state index contributed by atoms with van der Waals surface area (Å²) in [6.45, 7) is 1.31. The first kappa shape index (κ1) is 17.0. The summed E-state index contributed by atoms with van der Waals surface area (Å²) in [6.07, 6.45) is 2.04. The van der Waals surface area contributed by atoms with Gasteiger partial charge in [-0.25, -0.2) is 0 Å². The maximum Gasteiger partial charge on any atom is 0.269 e. The van der Waals surface area contributed by atoms with Crippen molar-refractivity contribution < 1.29 is 9.72 Å². The number of thiophene rings is 1. The first-order chi connectivity index (χ1) is 11.1. The van der Waals surface area contributed by atoms with Crippen LogP contribution in [0.25, 0.3) is 0 Å². The third kappa shape index (κ3) is 6.07. The molecule has 0 bridgehead atoms. The highest BCUT2D eigenvalue weighted by molar-refractivity contribution is 7.09. The van der Waals surface area contributed by atoms with Crippen molar-refractivity contribution in [1.82, 2.24) is 5.32 Å². The van der Waals surface area contributed by atoms with Gasteiger partial charge in [0.25, 0.3) is 5.69 Å². The Kier molecular flexibility index (Phi) is 6.56. The summed E-state index contributed by atoms with van der Waals surface area (Å²) in [5.74, 6) is 0.0482. The third-order valence-electron chi connectivity index (χ3n) is 3.26. The maximum absolute atomic E-state index is 11.7. The molecule has 0 aliphatic rings. The van der Waals surface area contributed by atoms with Gasteiger partial charge in [-0.2, -0.15) is 0 Å². The first-order valence-corrected chi connectivity index (χ1v) is 8.30. The van der Waals surface area contributed by atoms with E-state index in [-0.39, 0.29) is 11.6 Å². The Balaban J connectivity index is 1.57. The van der Waals surface area contributed by atoms with Crippen molar-refractivity contribution in [3.8, 4) is 0 Å². The molecule has 0 spiro atoms. The average Bonchev–Trinajstić information content (AvgIpc) is 3.05. The van der Waals surface area contributed by atoms with Crippen LogP contribution in [0.15, 0.2) is 41.8 Å². The molecule has 7 heteroatoms. The van der Waals surface area contributed by atoms with Crippen molar-refractivity contribution >= 4 is 28.6 Å². The molecule has 6 nitrogen and oxygen atoms in total. The highest BCUT2D eigenvalue weighted by atomic mass is 32.1. The van der Waals surface area contributed by atoms with Crippen LogP contribution in [0, 0.1) is 10.1 Å².